The van der Waals surface area contributed by atoms with Crippen molar-refractivity contribution in [3.63, 3.8) is 0 Å². The van der Waals surface area contributed by atoms with Gasteiger partial charge in [-0.05, 0) is 113 Å². The monoisotopic (exact) mass is 1410 g/mol. The second-order valence-corrected chi connectivity index (χ2v) is 25.9. The van der Waals surface area contributed by atoms with Gasteiger partial charge in [-0.3, -0.25) is 19.2 Å². The lowest BCUT2D eigenvalue weighted by Gasteiger charge is -2.37. The lowest BCUT2D eigenvalue weighted by Crippen LogP contribution is -2.56. The van der Waals surface area contributed by atoms with E-state index in [4.69, 9.17) is 42.6 Å². The van der Waals surface area contributed by atoms with Crippen LogP contribution in [-0.2, 0) is 32.3 Å². The lowest BCUT2D eigenvalue weighted by molar-refractivity contribution is -0.112. The minimum absolute atomic E-state index is 0.119. The van der Waals surface area contributed by atoms with E-state index in [0.29, 0.717) is 94.9 Å². The predicted octanol–water partition coefficient (Wildman–Crippen LogP) is 11.9. The summed E-state index contributed by atoms with van der Waals surface area (Å²) in [6.45, 7) is 2.61. The molecule has 10 aromatic rings. The molecule has 2 saturated heterocycles. The Hall–Kier alpha value is -11.4. The van der Waals surface area contributed by atoms with Gasteiger partial charge in [0, 0.05) is 143 Å². The molecule has 6 amide bonds. The summed E-state index contributed by atoms with van der Waals surface area (Å²) in [6, 6.07) is 46.4. The van der Waals surface area contributed by atoms with Gasteiger partial charge in [-0.25, -0.2) is 29.5 Å². The Bertz CT molecular complexity index is 4320. The highest BCUT2D eigenvalue weighted by atomic mass is 35.5. The van der Waals surface area contributed by atoms with Crippen molar-refractivity contribution in [3.8, 4) is 22.5 Å². The number of nitrogens with one attached hydrogen (secondary N) is 8. The van der Waals surface area contributed by atoms with Crippen LogP contribution in [0, 0.1) is 0 Å². The molecule has 4 atom stereocenters. The molecule has 2 aliphatic rings. The molecule has 0 bridgehead atoms. The maximum Gasteiger partial charge on any atom is 0.410 e. The summed E-state index contributed by atoms with van der Waals surface area (Å²) < 4.78 is 11.3. The number of likely N-dealkylation sites (N-methyl/N-ethyl adjacent to an activating group) is 2. The maximum atomic E-state index is 13.4. The third-order valence-corrected chi connectivity index (χ3v) is 17.2. The highest BCUT2D eigenvalue weighted by Gasteiger charge is 2.35. The topological polar surface area (TPSA) is 289 Å². The van der Waals surface area contributed by atoms with Gasteiger partial charge in [-0.15, -0.1) is 0 Å². The number of hydrogen-bond donors (Lipinski definition) is 8. The van der Waals surface area contributed by atoms with E-state index in [1.165, 1.54) is 12.2 Å². The van der Waals surface area contributed by atoms with Gasteiger partial charge in [-0.2, -0.15) is 0 Å². The summed E-state index contributed by atoms with van der Waals surface area (Å²) >= 11 is 13.2. The van der Waals surface area contributed by atoms with Gasteiger partial charge in [-0.1, -0.05) is 132 Å². The summed E-state index contributed by atoms with van der Waals surface area (Å²) in [7, 11) is 7.67. The largest absolute Gasteiger partial charge is 0.445 e. The van der Waals surface area contributed by atoms with Crippen LogP contribution in [0.3, 0.4) is 0 Å². The predicted molar refractivity (Wildman–Crippen MR) is 397 cm³/mol. The van der Waals surface area contributed by atoms with Crippen LogP contribution in [0.2, 0.25) is 10.0 Å². The molecule has 26 heteroatoms. The molecule has 102 heavy (non-hydrogen) atoms. The number of nitrogens with zero attached hydrogens (tertiary/aromatic N) is 8. The Morgan fingerprint density at radius 3 is 1.26 bits per heavy atom. The van der Waals surface area contributed by atoms with Crippen LogP contribution in [0.25, 0.3) is 44.3 Å². The average Bonchev–Trinajstić information content (AvgIpc) is 1.77. The minimum Gasteiger partial charge on any atom is -0.445 e. The number of para-hydroxylation sites is 2. The Kier molecular flexibility index (Phi) is 24.3. The summed E-state index contributed by atoms with van der Waals surface area (Å²) in [6.07, 6.45) is 13.3. The number of carbonyl (C=O) groups is 6. The van der Waals surface area contributed by atoms with Crippen LogP contribution in [-0.4, -0.2) is 177 Å². The van der Waals surface area contributed by atoms with E-state index in [9.17, 15) is 28.8 Å². The van der Waals surface area contributed by atoms with Gasteiger partial charge in [0.2, 0.25) is 23.7 Å². The van der Waals surface area contributed by atoms with Crippen LogP contribution >= 0.6 is 23.2 Å². The lowest BCUT2D eigenvalue weighted by atomic mass is 10.0. The Labute approximate surface area is 599 Å². The molecule has 0 radical (unpaired) electrons. The number of aromatic nitrogens is 6. The summed E-state index contributed by atoms with van der Waals surface area (Å²) in [5, 5.41) is 21.2. The van der Waals surface area contributed by atoms with E-state index in [-0.39, 0.29) is 62.0 Å². The highest BCUT2D eigenvalue weighted by Crippen LogP contribution is 2.35. The van der Waals surface area contributed by atoms with Crippen molar-refractivity contribution in [1.29, 1.82) is 0 Å². The number of ether oxygens (including phenoxy) is 2. The Morgan fingerprint density at radius 1 is 0.500 bits per heavy atom. The van der Waals surface area contributed by atoms with E-state index >= 15 is 0 Å². The van der Waals surface area contributed by atoms with E-state index in [2.05, 4.69) is 51.8 Å². The Morgan fingerprint density at radius 2 is 0.873 bits per heavy atom. The first-order valence-electron chi connectivity index (χ1n) is 33.1. The number of aromatic amines is 2. The third-order valence-electron chi connectivity index (χ3n) is 16.7. The molecule has 4 aromatic heterocycles. The number of carbonyl (C=O) groups excluding carboxylic acids is 6. The molecule has 0 spiro atoms. The van der Waals surface area contributed by atoms with Gasteiger partial charge in [0.05, 0.1) is 33.8 Å². The zero-order valence-electron chi connectivity index (χ0n) is 56.6. The molecule has 6 heterocycles. The summed E-state index contributed by atoms with van der Waals surface area (Å²) in [4.78, 5) is 110. The quantitative estimate of drug-likeness (QED) is 0.0293. The number of benzene rings is 6. The van der Waals surface area contributed by atoms with Gasteiger partial charge in [0.1, 0.15) is 13.2 Å². The highest BCUT2D eigenvalue weighted by molar-refractivity contribution is 6.33. The van der Waals surface area contributed by atoms with Crippen molar-refractivity contribution in [1.82, 2.24) is 60.1 Å². The van der Waals surface area contributed by atoms with Gasteiger partial charge in [0.15, 0.2) is 0 Å². The Balaban J connectivity index is 0.000000205. The molecule has 24 nitrogen and oxygen atoms in total. The molecule has 2 aliphatic heterocycles. The van der Waals surface area contributed by atoms with Crippen LogP contribution in [0.1, 0.15) is 44.7 Å². The number of halogens is 2. The van der Waals surface area contributed by atoms with Crippen LogP contribution < -0.4 is 31.9 Å². The average molecular weight is 1410 g/mol. The molecule has 12 rings (SSSR count). The second kappa shape index (κ2) is 34.6. The van der Waals surface area contributed by atoms with Crippen LogP contribution in [0.15, 0.2) is 207 Å². The van der Waals surface area contributed by atoms with Crippen LogP contribution in [0.4, 0.5) is 32.9 Å². The van der Waals surface area contributed by atoms with Crippen LogP contribution in [0.5, 0.6) is 0 Å². The molecule has 8 N–H and O–H groups in total. The zero-order valence-corrected chi connectivity index (χ0v) is 58.1. The number of H-pyrrole nitrogens is 2. The summed E-state index contributed by atoms with van der Waals surface area (Å²) in [5.41, 5.74) is 8.41. The number of amides is 6. The number of anilines is 4. The normalized spacial score (nSPS) is 16.0. The molecule has 6 aromatic carbocycles. The SMILES string of the molecule is CN(C)C/C=C/C(=O)Nc1ccc(C(=O)N[C@@H]2CC(Nc3ncc(Cl)c(-c4c[nH]c5ccccc45)n3)CN(C(=O)OCc3ccccc3)C2)cc1.CN(C)C/C=C/C(=O)Nc1ccc(C(=O)N[C@@H]2CC(Nc3ncc(Cl)c(-c4c[nH]c5ccccc45)n3)CN(C(=O)OCc3ccccc3)C2)cc1. The van der Waals surface area contributed by atoms with Crippen molar-refractivity contribution >= 4 is 104 Å². The fourth-order valence-electron chi connectivity index (χ4n) is 11.7. The van der Waals surface area contributed by atoms with Gasteiger partial charge >= 0.3 is 12.2 Å². The molecule has 0 saturated carbocycles. The minimum atomic E-state index is -0.499. The number of likely N-dealkylation sites (tertiary alicyclic amines) is 2. The van der Waals surface area contributed by atoms with Gasteiger partial charge < -0.3 is 70.9 Å². The zero-order chi connectivity index (χ0) is 71.5. The van der Waals surface area contributed by atoms with Crippen molar-refractivity contribution in [3.05, 3.63) is 239 Å². The molecule has 0 aliphatic carbocycles. The molecule has 2 fully saturated rings. The third kappa shape index (κ3) is 19.9. The molecule has 524 valence electrons. The second-order valence-electron chi connectivity index (χ2n) is 25.1. The van der Waals surface area contributed by atoms with Crippen molar-refractivity contribution in [2.75, 3.05) is 88.7 Å². The first kappa shape index (κ1) is 71.8. The number of rotatable bonds is 22. The fourth-order valence-corrected chi connectivity index (χ4v) is 12.1. The first-order chi connectivity index (χ1) is 49.4. The van der Waals surface area contributed by atoms with Gasteiger partial charge in [0.25, 0.3) is 11.8 Å². The van der Waals surface area contributed by atoms with Crippen molar-refractivity contribution < 1.29 is 38.2 Å². The standard InChI is InChI=1S/2C38H39ClN8O4/c2*1-46(2)18-8-13-34(48)42-27-16-14-26(15-17-27)36(49)43-28-19-29(23-47(22-28)38(50)51-24-25-9-4-3-5-10-25)44-37-41-21-32(39)35(45-37)31-20-40-33-12-7-6-11-30(31)33/h2*3-17,20-21,28-29,40H,18-19,22-24H2,1-2H3,(H,42,48)(H,43,49)(H,41,44,45)/b2*13-8+/t2*28-,29?/m11/s1. The van der Waals surface area contributed by atoms with E-state index in [0.717, 1.165) is 44.1 Å². The van der Waals surface area contributed by atoms with Crippen molar-refractivity contribution in [2.24, 2.45) is 0 Å². The molecule has 2 unspecified atom stereocenters. The molecular formula is C76H78Cl2N16O8. The smallest absolute Gasteiger partial charge is 0.410 e. The van der Waals surface area contributed by atoms with E-state index in [1.54, 1.807) is 82.9 Å². The number of fused-ring (bicyclic) bond motifs is 2. The molecular weight excluding hydrogens is 1340 g/mol. The first-order valence-corrected chi connectivity index (χ1v) is 33.9. The van der Waals surface area contributed by atoms with E-state index < -0.39 is 24.3 Å². The van der Waals surface area contributed by atoms with E-state index in [1.807, 2.05) is 160 Å². The fraction of sp³-hybridized carbons (Fsp3) is 0.237. The number of piperidine rings is 2. The van der Waals surface area contributed by atoms with Crippen molar-refractivity contribution in [2.45, 2.75) is 50.2 Å². The number of hydrogen-bond acceptors (Lipinski definition) is 16. The maximum absolute atomic E-state index is 13.4. The summed E-state index contributed by atoms with van der Waals surface area (Å²) in [5.74, 6) is -0.468.